The van der Waals surface area contributed by atoms with Gasteiger partial charge in [-0.3, -0.25) is 14.9 Å². The predicted molar refractivity (Wildman–Crippen MR) is 132 cm³/mol. The molecule has 0 aliphatic carbocycles. The van der Waals surface area contributed by atoms with Crippen LogP contribution in [0, 0.1) is 0 Å². The normalized spacial score (nSPS) is 21.4. The van der Waals surface area contributed by atoms with Crippen molar-refractivity contribution < 1.29 is 14.4 Å². The number of rotatable bonds is 2. The van der Waals surface area contributed by atoms with E-state index in [2.05, 4.69) is 31.0 Å². The van der Waals surface area contributed by atoms with Crippen molar-refractivity contribution in [2.75, 3.05) is 16.8 Å². The summed E-state index contributed by atoms with van der Waals surface area (Å²) in [6.45, 7) is 6.49. The molecule has 0 spiro atoms. The molecule has 2 heterocycles. The lowest BCUT2D eigenvalue weighted by Gasteiger charge is -2.45. The van der Waals surface area contributed by atoms with Gasteiger partial charge in [0.15, 0.2) is 0 Å². The first kappa shape index (κ1) is 23.6. The number of urea groups is 1. The summed E-state index contributed by atoms with van der Waals surface area (Å²) in [4.78, 5) is 41.3. The topological polar surface area (TPSA) is 69.7 Å². The summed E-state index contributed by atoms with van der Waals surface area (Å²) in [5.74, 6) is -1.35. The van der Waals surface area contributed by atoms with Gasteiger partial charge >= 0.3 is 6.03 Å². The molecule has 1 unspecified atom stereocenters. The lowest BCUT2D eigenvalue weighted by molar-refractivity contribution is -0.122. The second kappa shape index (κ2) is 8.35. The molecule has 1 saturated heterocycles. The molecule has 0 saturated carbocycles. The Bertz CT molecular complexity index is 1240. The standard InChI is InChI=1S/C24H22Cl3N3O3/c1-12-11-24(2,3)29(4)20-10-17(26)13(7-15(12)20)8-16-21(31)28-23(33)30(22(16)32)19-6-5-14(25)9-18(19)27/h5-10,12H,11H2,1-4H3,(H,28,31,33)/b16-8-. The first-order chi connectivity index (χ1) is 15.4. The molecule has 9 heteroatoms. The Kier molecular flexibility index (Phi) is 5.97. The number of imide groups is 2. The Morgan fingerprint density at radius 2 is 1.73 bits per heavy atom. The van der Waals surface area contributed by atoms with Crippen molar-refractivity contribution in [1.82, 2.24) is 5.32 Å². The van der Waals surface area contributed by atoms with Gasteiger partial charge in [0.1, 0.15) is 5.57 Å². The Morgan fingerprint density at radius 3 is 2.39 bits per heavy atom. The number of barbiturate groups is 1. The minimum Gasteiger partial charge on any atom is -0.369 e. The third-order valence-corrected chi connectivity index (χ3v) is 7.17. The molecule has 1 N–H and O–H groups in total. The molecular weight excluding hydrogens is 485 g/mol. The molecule has 2 aliphatic rings. The van der Waals surface area contributed by atoms with E-state index in [-0.39, 0.29) is 27.7 Å². The van der Waals surface area contributed by atoms with E-state index in [9.17, 15) is 14.4 Å². The van der Waals surface area contributed by atoms with Crippen molar-refractivity contribution in [2.45, 2.75) is 38.6 Å². The summed E-state index contributed by atoms with van der Waals surface area (Å²) in [5.41, 5.74) is 2.47. The van der Waals surface area contributed by atoms with Crippen LogP contribution in [-0.2, 0) is 9.59 Å². The van der Waals surface area contributed by atoms with Gasteiger partial charge in [-0.15, -0.1) is 0 Å². The minimum absolute atomic E-state index is 0.0341. The zero-order valence-corrected chi connectivity index (χ0v) is 20.8. The number of fused-ring (bicyclic) bond motifs is 1. The molecule has 4 rings (SSSR count). The zero-order chi connectivity index (χ0) is 24.2. The van der Waals surface area contributed by atoms with Crippen LogP contribution in [0.2, 0.25) is 15.1 Å². The lowest BCUT2D eigenvalue weighted by atomic mass is 9.80. The number of carbonyl (C=O) groups excluding carboxylic acids is 3. The number of benzene rings is 2. The first-order valence-corrected chi connectivity index (χ1v) is 11.5. The van der Waals surface area contributed by atoms with E-state index in [1.165, 1.54) is 24.3 Å². The maximum Gasteiger partial charge on any atom is 0.335 e. The molecule has 33 heavy (non-hydrogen) atoms. The second-order valence-corrected chi connectivity index (χ2v) is 10.2. The van der Waals surface area contributed by atoms with Gasteiger partial charge in [-0.25, -0.2) is 9.69 Å². The maximum absolute atomic E-state index is 13.2. The summed E-state index contributed by atoms with van der Waals surface area (Å²) >= 11 is 18.7. The van der Waals surface area contributed by atoms with Gasteiger partial charge in [0.2, 0.25) is 0 Å². The summed E-state index contributed by atoms with van der Waals surface area (Å²) in [5, 5.41) is 3.04. The number of hydrogen-bond acceptors (Lipinski definition) is 4. The van der Waals surface area contributed by atoms with Crippen LogP contribution in [0.4, 0.5) is 16.2 Å². The van der Waals surface area contributed by atoms with E-state index in [4.69, 9.17) is 34.8 Å². The number of hydrogen-bond donors (Lipinski definition) is 1. The molecule has 0 aromatic heterocycles. The Hall–Kier alpha value is -2.54. The van der Waals surface area contributed by atoms with Crippen LogP contribution < -0.4 is 15.1 Å². The van der Waals surface area contributed by atoms with Crippen LogP contribution >= 0.6 is 34.8 Å². The van der Waals surface area contributed by atoms with Crippen molar-refractivity contribution >= 4 is 70.1 Å². The molecule has 0 radical (unpaired) electrons. The Balaban J connectivity index is 1.78. The first-order valence-electron chi connectivity index (χ1n) is 10.3. The number of nitrogens with one attached hydrogen (secondary N) is 1. The van der Waals surface area contributed by atoms with Crippen molar-refractivity contribution in [1.29, 1.82) is 0 Å². The molecule has 2 aliphatic heterocycles. The quantitative estimate of drug-likeness (QED) is 0.398. The van der Waals surface area contributed by atoms with Crippen LogP contribution in [0.1, 0.15) is 44.2 Å². The molecule has 172 valence electrons. The molecule has 2 aromatic carbocycles. The summed E-state index contributed by atoms with van der Waals surface area (Å²) in [6.07, 6.45) is 2.35. The third kappa shape index (κ3) is 4.12. The highest BCUT2D eigenvalue weighted by molar-refractivity contribution is 6.43. The Labute approximate surface area is 207 Å². The van der Waals surface area contributed by atoms with Crippen LogP contribution in [-0.4, -0.2) is 30.4 Å². The van der Waals surface area contributed by atoms with Crippen molar-refractivity contribution in [3.05, 3.63) is 62.1 Å². The van der Waals surface area contributed by atoms with Gasteiger partial charge in [0.25, 0.3) is 11.8 Å². The monoisotopic (exact) mass is 505 g/mol. The number of anilines is 2. The fraction of sp³-hybridized carbons (Fsp3) is 0.292. The molecule has 6 nitrogen and oxygen atoms in total. The number of amides is 4. The van der Waals surface area contributed by atoms with Crippen LogP contribution in [0.25, 0.3) is 6.08 Å². The van der Waals surface area contributed by atoms with Gasteiger partial charge in [-0.2, -0.15) is 0 Å². The fourth-order valence-corrected chi connectivity index (χ4v) is 5.12. The third-order valence-electron chi connectivity index (χ3n) is 6.30. The van der Waals surface area contributed by atoms with Crippen LogP contribution in [0.5, 0.6) is 0 Å². The number of halogens is 3. The van der Waals surface area contributed by atoms with Crippen molar-refractivity contribution in [2.24, 2.45) is 0 Å². The van der Waals surface area contributed by atoms with E-state index in [1.54, 1.807) is 0 Å². The maximum atomic E-state index is 13.2. The predicted octanol–water partition coefficient (Wildman–Crippen LogP) is 6.04. The van der Waals surface area contributed by atoms with Crippen molar-refractivity contribution in [3.8, 4) is 0 Å². The highest BCUT2D eigenvalue weighted by Gasteiger charge is 2.38. The van der Waals surface area contributed by atoms with E-state index < -0.39 is 17.8 Å². The molecule has 1 fully saturated rings. The highest BCUT2D eigenvalue weighted by atomic mass is 35.5. The van der Waals surface area contributed by atoms with Crippen LogP contribution in [0.3, 0.4) is 0 Å². The number of carbonyl (C=O) groups is 3. The van der Waals surface area contributed by atoms with E-state index >= 15 is 0 Å². The molecule has 2 aromatic rings. The largest absolute Gasteiger partial charge is 0.369 e. The zero-order valence-electron chi connectivity index (χ0n) is 18.5. The van der Waals surface area contributed by atoms with E-state index in [0.717, 1.165) is 22.6 Å². The molecule has 4 amide bonds. The Morgan fingerprint density at radius 1 is 1.03 bits per heavy atom. The summed E-state index contributed by atoms with van der Waals surface area (Å²) < 4.78 is 0. The molecule has 0 bridgehead atoms. The average molecular weight is 507 g/mol. The van der Waals surface area contributed by atoms with Gasteiger partial charge in [-0.05, 0) is 73.7 Å². The SMILES string of the molecule is CC1CC(C)(C)N(C)c2cc(Cl)c(/C=C3/C(=O)NC(=O)N(c4ccc(Cl)cc4Cl)C3=O)cc21. The summed E-state index contributed by atoms with van der Waals surface area (Å²) in [7, 11) is 2.02. The second-order valence-electron chi connectivity index (χ2n) is 8.96. The van der Waals surface area contributed by atoms with Gasteiger partial charge < -0.3 is 4.90 Å². The number of nitrogens with zero attached hydrogens (tertiary/aromatic N) is 2. The van der Waals surface area contributed by atoms with Crippen LogP contribution in [0.15, 0.2) is 35.9 Å². The van der Waals surface area contributed by atoms with E-state index in [1.807, 2.05) is 19.2 Å². The lowest BCUT2D eigenvalue weighted by Crippen LogP contribution is -2.54. The minimum atomic E-state index is -0.889. The molecular formula is C24H22Cl3N3O3. The van der Waals surface area contributed by atoms with Gasteiger partial charge in [0.05, 0.1) is 10.7 Å². The smallest absolute Gasteiger partial charge is 0.335 e. The van der Waals surface area contributed by atoms with Gasteiger partial charge in [-0.1, -0.05) is 41.7 Å². The fourth-order valence-electron chi connectivity index (χ4n) is 4.41. The van der Waals surface area contributed by atoms with Crippen molar-refractivity contribution in [3.63, 3.8) is 0 Å². The average Bonchev–Trinajstić information content (AvgIpc) is 2.71. The van der Waals surface area contributed by atoms with Gasteiger partial charge in [0, 0.05) is 28.3 Å². The molecule has 1 atom stereocenters. The van der Waals surface area contributed by atoms with E-state index in [0.29, 0.717) is 15.6 Å². The summed E-state index contributed by atoms with van der Waals surface area (Å²) in [6, 6.07) is 7.23. The highest BCUT2D eigenvalue weighted by Crippen LogP contribution is 2.44.